The summed E-state index contributed by atoms with van der Waals surface area (Å²) < 4.78 is 5.23. The average Bonchev–Trinajstić information content (AvgIpc) is 3.03. The second-order valence-electron chi connectivity index (χ2n) is 4.92. The van der Waals surface area contributed by atoms with Gasteiger partial charge in [0.15, 0.2) is 12.2 Å². The minimum absolute atomic E-state index is 0. The van der Waals surface area contributed by atoms with Crippen LogP contribution in [0, 0.1) is 0 Å². The van der Waals surface area contributed by atoms with Crippen molar-refractivity contribution in [2.75, 3.05) is 23.4 Å². The van der Waals surface area contributed by atoms with E-state index in [9.17, 15) is 4.79 Å². The summed E-state index contributed by atoms with van der Waals surface area (Å²) in [5.41, 5.74) is 1.74. The summed E-state index contributed by atoms with van der Waals surface area (Å²) in [7, 11) is 0. The van der Waals surface area contributed by atoms with Crippen LogP contribution in [0.3, 0.4) is 0 Å². The van der Waals surface area contributed by atoms with Crippen LogP contribution in [-0.4, -0.2) is 35.0 Å². The molecule has 1 aromatic carbocycles. The molecule has 0 saturated carbocycles. The molecule has 22 heavy (non-hydrogen) atoms. The van der Waals surface area contributed by atoms with Crippen LogP contribution in [-0.2, 0) is 4.79 Å². The fourth-order valence-corrected chi connectivity index (χ4v) is 3.21. The van der Waals surface area contributed by atoms with Crippen LogP contribution >= 0.6 is 24.2 Å². The van der Waals surface area contributed by atoms with Gasteiger partial charge in [0.2, 0.25) is 5.91 Å². The van der Waals surface area contributed by atoms with E-state index < -0.39 is 0 Å². The van der Waals surface area contributed by atoms with E-state index in [1.807, 2.05) is 36.0 Å². The molecule has 5 nitrogen and oxygen atoms in total. The number of amides is 1. The summed E-state index contributed by atoms with van der Waals surface area (Å²) >= 11 is 1.89. The predicted octanol–water partition coefficient (Wildman–Crippen LogP) is 2.80. The summed E-state index contributed by atoms with van der Waals surface area (Å²) in [5, 5.41) is 6.29. The second-order valence-corrected chi connectivity index (χ2v) is 6.07. The average molecular weight is 340 g/mol. The van der Waals surface area contributed by atoms with Crippen molar-refractivity contribution in [3.05, 3.63) is 36.9 Å². The van der Waals surface area contributed by atoms with Crippen molar-refractivity contribution >= 4 is 35.8 Å². The third-order valence-corrected chi connectivity index (χ3v) is 4.45. The van der Waals surface area contributed by atoms with Crippen molar-refractivity contribution in [2.24, 2.45) is 0 Å². The molecule has 1 unspecified atom stereocenters. The van der Waals surface area contributed by atoms with Crippen LogP contribution in [0.5, 0.6) is 0 Å². The number of halogens is 1. The zero-order chi connectivity index (χ0) is 14.5. The Balaban J connectivity index is 0.00000176. The maximum absolute atomic E-state index is 12.0. The fraction of sp³-hybridized carbons (Fsp3) is 0.333. The van der Waals surface area contributed by atoms with Gasteiger partial charge in [-0.05, 0) is 24.3 Å². The molecule has 0 aliphatic carbocycles. The zero-order valence-corrected chi connectivity index (χ0v) is 13.6. The summed E-state index contributed by atoms with van der Waals surface area (Å²) in [5.74, 6) is 2.89. The first-order valence-electron chi connectivity index (χ1n) is 6.91. The highest BCUT2D eigenvalue weighted by molar-refractivity contribution is 7.99. The first-order chi connectivity index (χ1) is 10.3. The van der Waals surface area contributed by atoms with Gasteiger partial charge in [0.05, 0.1) is 6.20 Å². The van der Waals surface area contributed by atoms with Gasteiger partial charge in [-0.25, -0.2) is 4.98 Å². The van der Waals surface area contributed by atoms with Gasteiger partial charge in [0.1, 0.15) is 0 Å². The summed E-state index contributed by atoms with van der Waals surface area (Å²) in [4.78, 5) is 15.9. The minimum Gasteiger partial charge on any atom is -0.444 e. The van der Waals surface area contributed by atoms with E-state index in [2.05, 4.69) is 15.6 Å². The lowest BCUT2D eigenvalue weighted by Crippen LogP contribution is -2.39. The molecule has 1 atom stereocenters. The Bertz CT molecular complexity index is 583. The Morgan fingerprint density at radius 1 is 1.41 bits per heavy atom. The van der Waals surface area contributed by atoms with Gasteiger partial charge in [-0.15, -0.1) is 12.4 Å². The quantitative estimate of drug-likeness (QED) is 0.896. The standard InChI is InChI=1S/C15H17N3O2S.ClH/c19-15(7-13-9-21-6-5-17-13)18-12-3-1-11(2-4-12)14-8-16-10-20-14;/h1-4,8,10,13,17H,5-7,9H2,(H,18,19);1H. The van der Waals surface area contributed by atoms with Gasteiger partial charge in [0, 0.05) is 41.8 Å². The van der Waals surface area contributed by atoms with Crippen LogP contribution in [0.2, 0.25) is 0 Å². The van der Waals surface area contributed by atoms with Crippen molar-refractivity contribution in [3.8, 4) is 11.3 Å². The van der Waals surface area contributed by atoms with E-state index in [1.54, 1.807) is 6.20 Å². The highest BCUT2D eigenvalue weighted by Gasteiger charge is 2.16. The van der Waals surface area contributed by atoms with Gasteiger partial charge in [-0.3, -0.25) is 4.79 Å². The number of rotatable bonds is 4. The number of hydrogen-bond donors (Lipinski definition) is 2. The maximum Gasteiger partial charge on any atom is 0.225 e. The topological polar surface area (TPSA) is 67.2 Å². The number of oxazole rings is 1. The van der Waals surface area contributed by atoms with E-state index in [-0.39, 0.29) is 24.4 Å². The van der Waals surface area contributed by atoms with Crippen molar-refractivity contribution in [2.45, 2.75) is 12.5 Å². The molecule has 1 aliphatic heterocycles. The third kappa shape index (κ3) is 4.50. The molecule has 1 aromatic heterocycles. The molecule has 0 radical (unpaired) electrons. The molecule has 0 spiro atoms. The Labute approximate surface area is 139 Å². The van der Waals surface area contributed by atoms with Crippen molar-refractivity contribution in [3.63, 3.8) is 0 Å². The molecule has 1 fully saturated rings. The molecule has 2 N–H and O–H groups in total. The number of carbonyl (C=O) groups excluding carboxylic acids is 1. The lowest BCUT2D eigenvalue weighted by atomic mass is 10.1. The zero-order valence-electron chi connectivity index (χ0n) is 12.0. The number of anilines is 1. The fourth-order valence-electron chi connectivity index (χ4n) is 2.26. The van der Waals surface area contributed by atoms with Crippen LogP contribution in [0.25, 0.3) is 11.3 Å². The number of nitrogens with one attached hydrogen (secondary N) is 2. The molecule has 2 heterocycles. The minimum atomic E-state index is 0. The van der Waals surface area contributed by atoms with Crippen molar-refractivity contribution < 1.29 is 9.21 Å². The van der Waals surface area contributed by atoms with Crippen LogP contribution in [0.4, 0.5) is 5.69 Å². The maximum atomic E-state index is 12.0. The highest BCUT2D eigenvalue weighted by Crippen LogP contribution is 2.21. The largest absolute Gasteiger partial charge is 0.444 e. The lowest BCUT2D eigenvalue weighted by molar-refractivity contribution is -0.116. The molecule has 1 amide bonds. The van der Waals surface area contributed by atoms with Crippen LogP contribution in [0.1, 0.15) is 6.42 Å². The summed E-state index contributed by atoms with van der Waals surface area (Å²) in [6.45, 7) is 0.981. The Morgan fingerprint density at radius 3 is 2.86 bits per heavy atom. The predicted molar refractivity (Wildman–Crippen MR) is 91.5 cm³/mol. The molecule has 7 heteroatoms. The second kappa shape index (κ2) is 8.22. The first kappa shape index (κ1) is 16.9. The molecule has 1 saturated heterocycles. The van der Waals surface area contributed by atoms with Gasteiger partial charge >= 0.3 is 0 Å². The smallest absolute Gasteiger partial charge is 0.225 e. The summed E-state index contributed by atoms with van der Waals surface area (Å²) in [6, 6.07) is 7.84. The molecule has 2 aromatic rings. The Kier molecular flexibility index (Phi) is 6.30. The normalized spacial score (nSPS) is 17.5. The number of carbonyl (C=O) groups is 1. The van der Waals surface area contributed by atoms with E-state index in [0.29, 0.717) is 6.42 Å². The molecule has 1 aliphatic rings. The lowest BCUT2D eigenvalue weighted by Gasteiger charge is -2.22. The van der Waals surface area contributed by atoms with Crippen LogP contribution < -0.4 is 10.6 Å². The monoisotopic (exact) mass is 339 g/mol. The van der Waals surface area contributed by atoms with Gasteiger partial charge in [-0.2, -0.15) is 11.8 Å². The number of nitrogens with zero attached hydrogens (tertiary/aromatic N) is 1. The molecule has 3 rings (SSSR count). The molecular weight excluding hydrogens is 322 g/mol. The third-order valence-electron chi connectivity index (χ3n) is 3.32. The van der Waals surface area contributed by atoms with Gasteiger partial charge in [-0.1, -0.05) is 0 Å². The van der Waals surface area contributed by atoms with E-state index >= 15 is 0 Å². The summed E-state index contributed by atoms with van der Waals surface area (Å²) in [6.07, 6.45) is 3.58. The van der Waals surface area contributed by atoms with E-state index in [0.717, 1.165) is 35.1 Å². The van der Waals surface area contributed by atoms with Gasteiger partial charge in [0.25, 0.3) is 0 Å². The number of hydrogen-bond acceptors (Lipinski definition) is 5. The highest BCUT2D eigenvalue weighted by atomic mass is 35.5. The number of thioether (sulfide) groups is 1. The van der Waals surface area contributed by atoms with Crippen molar-refractivity contribution in [1.29, 1.82) is 0 Å². The Hall–Kier alpha value is -1.50. The molecular formula is C15H18ClN3O2S. The van der Waals surface area contributed by atoms with Crippen molar-refractivity contribution in [1.82, 2.24) is 10.3 Å². The van der Waals surface area contributed by atoms with Gasteiger partial charge < -0.3 is 15.1 Å². The Morgan fingerprint density at radius 2 is 2.23 bits per heavy atom. The van der Waals surface area contributed by atoms with E-state index in [4.69, 9.17) is 4.42 Å². The SMILES string of the molecule is Cl.O=C(CC1CSCCN1)Nc1ccc(-c2cnco2)cc1. The van der Waals surface area contributed by atoms with E-state index in [1.165, 1.54) is 6.39 Å². The van der Waals surface area contributed by atoms with Crippen LogP contribution in [0.15, 0.2) is 41.3 Å². The number of aromatic nitrogens is 1. The first-order valence-corrected chi connectivity index (χ1v) is 8.06. The molecule has 0 bridgehead atoms. The number of benzene rings is 1. The molecule has 118 valence electrons.